The number of hydrogen-bond donors (Lipinski definition) is 1. The quantitative estimate of drug-likeness (QED) is 0.562. The van der Waals surface area contributed by atoms with Gasteiger partial charge in [0, 0.05) is 11.0 Å². The van der Waals surface area contributed by atoms with Gasteiger partial charge in [0.15, 0.2) is 0 Å². The molecule has 0 heterocycles. The van der Waals surface area contributed by atoms with Crippen LogP contribution in [0.25, 0.3) is 0 Å². The molecule has 18 heavy (non-hydrogen) atoms. The Morgan fingerprint density at radius 1 is 1.33 bits per heavy atom. The van der Waals surface area contributed by atoms with Crippen LogP contribution >= 0.6 is 39.1 Å². The van der Waals surface area contributed by atoms with Gasteiger partial charge in [0.25, 0.3) is 0 Å². The van der Waals surface area contributed by atoms with Crippen molar-refractivity contribution in [2.75, 3.05) is 11.9 Å². The molecule has 98 valence electrons. The molecular weight excluding hydrogens is 335 g/mol. The minimum atomic E-state index is -0.275. The Balaban J connectivity index is 2.51. The predicted octanol–water partition coefficient (Wildman–Crippen LogP) is 5.50. The lowest BCUT2D eigenvalue weighted by molar-refractivity contribution is 0.441. The van der Waals surface area contributed by atoms with Gasteiger partial charge in [0.05, 0.1) is 27.2 Å². The topological polar surface area (TPSA) is 35.8 Å². The van der Waals surface area contributed by atoms with Gasteiger partial charge in [-0.15, -0.1) is 0 Å². The molecule has 5 heteroatoms. The molecule has 2 nitrogen and oxygen atoms in total. The highest BCUT2D eigenvalue weighted by molar-refractivity contribution is 9.10. The number of nitrogens with one attached hydrogen (secondary N) is 1. The molecule has 1 N–H and O–H groups in total. The van der Waals surface area contributed by atoms with Gasteiger partial charge in [-0.05, 0) is 54.8 Å². The molecule has 0 aliphatic carbocycles. The Morgan fingerprint density at radius 2 is 2.00 bits per heavy atom. The van der Waals surface area contributed by atoms with E-state index >= 15 is 0 Å². The van der Waals surface area contributed by atoms with Crippen LogP contribution < -0.4 is 5.32 Å². The van der Waals surface area contributed by atoms with Crippen LogP contribution in [0.5, 0.6) is 0 Å². The smallest absolute Gasteiger partial charge is 0.0835 e. The minimum Gasteiger partial charge on any atom is -0.384 e. The van der Waals surface area contributed by atoms with Crippen molar-refractivity contribution in [3.05, 3.63) is 26.7 Å². The van der Waals surface area contributed by atoms with Gasteiger partial charge in [-0.25, -0.2) is 0 Å². The van der Waals surface area contributed by atoms with E-state index in [2.05, 4.69) is 27.3 Å². The Hall–Kier alpha value is -0.430. The average molecular weight is 350 g/mol. The number of anilines is 1. The fraction of sp³-hybridized carbons (Fsp3) is 0.462. The van der Waals surface area contributed by atoms with Crippen molar-refractivity contribution in [3.8, 4) is 6.07 Å². The monoisotopic (exact) mass is 348 g/mol. The molecule has 0 spiro atoms. The third-order valence-electron chi connectivity index (χ3n) is 2.63. The summed E-state index contributed by atoms with van der Waals surface area (Å²) >= 11 is 15.5. The maximum atomic E-state index is 8.91. The molecule has 0 aromatic heterocycles. The summed E-state index contributed by atoms with van der Waals surface area (Å²) in [5.41, 5.74) is 0.544. The minimum absolute atomic E-state index is 0.275. The van der Waals surface area contributed by atoms with Gasteiger partial charge in [0.2, 0.25) is 0 Å². The molecule has 0 aliphatic heterocycles. The van der Waals surface area contributed by atoms with Crippen molar-refractivity contribution < 1.29 is 0 Å². The second-order valence-electron chi connectivity index (χ2n) is 4.75. The maximum absolute atomic E-state index is 8.91. The van der Waals surface area contributed by atoms with Crippen LogP contribution in [-0.2, 0) is 0 Å². The van der Waals surface area contributed by atoms with Crippen molar-refractivity contribution in [3.63, 3.8) is 0 Å². The fourth-order valence-corrected chi connectivity index (χ4v) is 2.31. The largest absolute Gasteiger partial charge is 0.384 e. The Labute approximate surface area is 126 Å². The van der Waals surface area contributed by atoms with Crippen LogP contribution in [0.1, 0.15) is 26.7 Å². The lowest BCUT2D eigenvalue weighted by Gasteiger charge is -2.15. The van der Waals surface area contributed by atoms with Crippen LogP contribution in [0.4, 0.5) is 5.69 Å². The summed E-state index contributed by atoms with van der Waals surface area (Å²) in [5, 5.41) is 13.2. The molecule has 0 bridgehead atoms. The van der Waals surface area contributed by atoms with Crippen molar-refractivity contribution in [1.29, 1.82) is 5.26 Å². The lowest BCUT2D eigenvalue weighted by Crippen LogP contribution is -2.11. The molecule has 0 unspecified atom stereocenters. The van der Waals surface area contributed by atoms with Gasteiger partial charge < -0.3 is 5.32 Å². The summed E-state index contributed by atoms with van der Waals surface area (Å²) in [6.45, 7) is 4.65. The molecule has 1 rings (SSSR count). The van der Waals surface area contributed by atoms with E-state index in [4.69, 9.17) is 28.5 Å². The SMILES string of the molecule is CC(C)(C#N)CCCNc1ccc(Br)c(Cl)c1Cl. The van der Waals surface area contributed by atoms with Crippen molar-refractivity contribution in [2.45, 2.75) is 26.7 Å². The third kappa shape index (κ3) is 4.35. The summed E-state index contributed by atoms with van der Waals surface area (Å²) in [5.74, 6) is 0. The number of halogens is 3. The first kappa shape index (κ1) is 15.6. The average Bonchev–Trinajstić information content (AvgIpc) is 2.34. The molecule has 1 aromatic rings. The Kier molecular flexibility index (Phi) is 5.78. The fourth-order valence-electron chi connectivity index (χ4n) is 1.47. The van der Waals surface area contributed by atoms with E-state index in [-0.39, 0.29) is 5.41 Å². The molecule has 0 atom stereocenters. The van der Waals surface area contributed by atoms with E-state index < -0.39 is 0 Å². The Morgan fingerprint density at radius 3 is 2.61 bits per heavy atom. The molecule has 0 fully saturated rings. The zero-order valence-electron chi connectivity index (χ0n) is 10.4. The molecule has 1 aromatic carbocycles. The summed E-state index contributed by atoms with van der Waals surface area (Å²) in [6, 6.07) is 6.03. The Bertz CT molecular complexity index is 467. The first-order valence-corrected chi connectivity index (χ1v) is 7.21. The lowest BCUT2D eigenvalue weighted by atomic mass is 9.90. The molecule has 0 aliphatic rings. The molecule has 0 radical (unpaired) electrons. The van der Waals surface area contributed by atoms with Gasteiger partial charge in [0.1, 0.15) is 0 Å². The summed E-state index contributed by atoms with van der Waals surface area (Å²) in [4.78, 5) is 0. The summed E-state index contributed by atoms with van der Waals surface area (Å²) in [6.07, 6.45) is 1.75. The zero-order valence-corrected chi connectivity index (χ0v) is 13.5. The van der Waals surface area contributed by atoms with Gasteiger partial charge in [-0.3, -0.25) is 0 Å². The summed E-state index contributed by atoms with van der Waals surface area (Å²) < 4.78 is 0.783. The molecule has 0 saturated carbocycles. The highest BCUT2D eigenvalue weighted by atomic mass is 79.9. The first-order valence-electron chi connectivity index (χ1n) is 5.66. The summed E-state index contributed by atoms with van der Waals surface area (Å²) in [7, 11) is 0. The number of nitrogens with zero attached hydrogens (tertiary/aromatic N) is 1. The normalized spacial score (nSPS) is 11.1. The van der Waals surface area contributed by atoms with Crippen LogP contribution in [0.3, 0.4) is 0 Å². The van der Waals surface area contributed by atoms with Crippen molar-refractivity contribution >= 4 is 44.8 Å². The highest BCUT2D eigenvalue weighted by Crippen LogP contribution is 2.35. The second kappa shape index (κ2) is 6.65. The van der Waals surface area contributed by atoms with E-state index in [0.717, 1.165) is 29.5 Å². The van der Waals surface area contributed by atoms with Crippen LogP contribution in [0.2, 0.25) is 10.0 Å². The van der Waals surface area contributed by atoms with Crippen LogP contribution in [0.15, 0.2) is 16.6 Å². The number of benzene rings is 1. The van der Waals surface area contributed by atoms with E-state index in [1.165, 1.54) is 0 Å². The molecule has 0 amide bonds. The predicted molar refractivity (Wildman–Crippen MR) is 81.3 cm³/mol. The van der Waals surface area contributed by atoms with E-state index in [0.29, 0.717) is 10.0 Å². The standard InChI is InChI=1S/C13H15BrCl2N2/c1-13(2,8-17)6-3-7-18-10-5-4-9(14)11(15)12(10)16/h4-5,18H,3,6-7H2,1-2H3. The van der Waals surface area contributed by atoms with Gasteiger partial charge in [-0.2, -0.15) is 5.26 Å². The van der Waals surface area contributed by atoms with Crippen LogP contribution in [0, 0.1) is 16.7 Å². The number of rotatable bonds is 5. The molecular formula is C13H15BrCl2N2. The van der Waals surface area contributed by atoms with Crippen molar-refractivity contribution in [2.24, 2.45) is 5.41 Å². The highest BCUT2D eigenvalue weighted by Gasteiger charge is 2.15. The first-order chi connectivity index (χ1) is 8.37. The third-order valence-corrected chi connectivity index (χ3v) is 4.40. The van der Waals surface area contributed by atoms with E-state index in [1.54, 1.807) is 0 Å². The van der Waals surface area contributed by atoms with Crippen molar-refractivity contribution in [1.82, 2.24) is 0 Å². The molecule has 0 saturated heterocycles. The second-order valence-corrected chi connectivity index (χ2v) is 6.36. The van der Waals surface area contributed by atoms with Gasteiger partial charge >= 0.3 is 0 Å². The number of hydrogen-bond acceptors (Lipinski definition) is 2. The number of nitriles is 1. The zero-order chi connectivity index (χ0) is 13.8. The van der Waals surface area contributed by atoms with E-state index in [9.17, 15) is 0 Å². The van der Waals surface area contributed by atoms with E-state index in [1.807, 2.05) is 26.0 Å². The maximum Gasteiger partial charge on any atom is 0.0835 e. The van der Waals surface area contributed by atoms with Crippen LogP contribution in [-0.4, -0.2) is 6.54 Å². The van der Waals surface area contributed by atoms with Gasteiger partial charge in [-0.1, -0.05) is 23.2 Å².